The predicted octanol–water partition coefficient (Wildman–Crippen LogP) is 3.10. The molecule has 1 aromatic rings. The van der Waals surface area contributed by atoms with Crippen LogP contribution in [0.3, 0.4) is 0 Å². The van der Waals surface area contributed by atoms with Crippen LogP contribution in [0.5, 0.6) is 5.75 Å². The zero-order chi connectivity index (χ0) is 17.7. The lowest BCUT2D eigenvalue weighted by Crippen LogP contribution is -2.40. The number of methoxy groups -OCH3 is 1. The molecule has 0 saturated carbocycles. The highest BCUT2D eigenvalue weighted by molar-refractivity contribution is 9.10. The summed E-state index contributed by atoms with van der Waals surface area (Å²) < 4.78 is 33.1. The lowest BCUT2D eigenvalue weighted by Gasteiger charge is -2.34. The first kappa shape index (κ1) is 19.7. The summed E-state index contributed by atoms with van der Waals surface area (Å²) in [5, 5.41) is 0. The number of hydrogen-bond acceptors (Lipinski definition) is 4. The van der Waals surface area contributed by atoms with Gasteiger partial charge in [-0.2, -0.15) is 0 Å². The number of hydrogen-bond donors (Lipinski definition) is 1. The highest BCUT2D eigenvalue weighted by Gasteiger charge is 2.21. The standard InChI is InChI=1S/C17H27BrN2O3S/c1-13-9-14(2)12-20(11-13)8-4-7-19-24(21,22)15-5-6-17(23-3)16(18)10-15/h5-6,10,13-14,19H,4,7-9,11-12H2,1-3H3/t13-,14-/m1/s1. The Morgan fingerprint density at radius 3 is 2.54 bits per heavy atom. The lowest BCUT2D eigenvalue weighted by atomic mass is 9.92. The van der Waals surface area contributed by atoms with Gasteiger partial charge in [0.05, 0.1) is 16.5 Å². The van der Waals surface area contributed by atoms with Crippen LogP contribution in [0.15, 0.2) is 27.6 Å². The van der Waals surface area contributed by atoms with E-state index in [9.17, 15) is 8.42 Å². The van der Waals surface area contributed by atoms with E-state index < -0.39 is 10.0 Å². The molecule has 0 aliphatic carbocycles. The number of nitrogens with zero attached hydrogens (tertiary/aromatic N) is 1. The maximum atomic E-state index is 12.4. The summed E-state index contributed by atoms with van der Waals surface area (Å²) in [4.78, 5) is 2.69. The Hall–Kier alpha value is -0.630. The van der Waals surface area contributed by atoms with E-state index in [4.69, 9.17) is 4.74 Å². The fraction of sp³-hybridized carbons (Fsp3) is 0.647. The normalized spacial score (nSPS) is 22.5. The first-order chi connectivity index (χ1) is 11.3. The van der Waals surface area contributed by atoms with Crippen molar-refractivity contribution in [3.05, 3.63) is 22.7 Å². The van der Waals surface area contributed by atoms with Gasteiger partial charge < -0.3 is 9.64 Å². The van der Waals surface area contributed by atoms with Gasteiger partial charge in [0.15, 0.2) is 0 Å². The minimum atomic E-state index is -3.49. The van der Waals surface area contributed by atoms with Gasteiger partial charge in [-0.25, -0.2) is 13.1 Å². The second-order valence-corrected chi connectivity index (χ2v) is 9.37. The Morgan fingerprint density at radius 1 is 1.29 bits per heavy atom. The molecular formula is C17H27BrN2O3S. The highest BCUT2D eigenvalue weighted by Crippen LogP contribution is 2.27. The topological polar surface area (TPSA) is 58.6 Å². The second-order valence-electron chi connectivity index (χ2n) is 6.75. The molecular weight excluding hydrogens is 392 g/mol. The van der Waals surface area contributed by atoms with Crippen LogP contribution in [0.1, 0.15) is 26.7 Å². The molecule has 7 heteroatoms. The molecule has 2 rings (SSSR count). The van der Waals surface area contributed by atoms with Crippen LogP contribution in [-0.4, -0.2) is 46.6 Å². The van der Waals surface area contributed by atoms with Crippen molar-refractivity contribution in [1.29, 1.82) is 0 Å². The zero-order valence-electron chi connectivity index (χ0n) is 14.6. The summed E-state index contributed by atoms with van der Waals surface area (Å²) in [6.45, 7) is 8.18. The molecule has 136 valence electrons. The van der Waals surface area contributed by atoms with Crippen molar-refractivity contribution in [3.63, 3.8) is 0 Å². The molecule has 1 saturated heterocycles. The fourth-order valence-electron chi connectivity index (χ4n) is 3.38. The van der Waals surface area contributed by atoms with Crippen molar-refractivity contribution in [1.82, 2.24) is 9.62 Å². The summed E-state index contributed by atoms with van der Waals surface area (Å²) in [5.41, 5.74) is 0. The van der Waals surface area contributed by atoms with E-state index >= 15 is 0 Å². The molecule has 1 heterocycles. The molecule has 0 amide bonds. The van der Waals surface area contributed by atoms with Crippen molar-refractivity contribution >= 4 is 26.0 Å². The fourth-order valence-corrected chi connectivity index (χ4v) is 5.17. The molecule has 1 N–H and O–H groups in total. The van der Waals surface area contributed by atoms with Gasteiger partial charge in [0.1, 0.15) is 5.75 Å². The number of ether oxygens (including phenoxy) is 1. The Balaban J connectivity index is 1.83. The summed E-state index contributed by atoms with van der Waals surface area (Å²) >= 11 is 3.32. The van der Waals surface area contributed by atoms with Gasteiger partial charge in [-0.15, -0.1) is 0 Å². The van der Waals surface area contributed by atoms with Crippen LogP contribution in [0, 0.1) is 11.8 Å². The number of likely N-dealkylation sites (tertiary alicyclic amines) is 1. The molecule has 1 fully saturated rings. The van der Waals surface area contributed by atoms with Crippen molar-refractivity contribution in [3.8, 4) is 5.75 Å². The van der Waals surface area contributed by atoms with Gasteiger partial charge in [0.2, 0.25) is 10.0 Å². The molecule has 5 nitrogen and oxygen atoms in total. The van der Waals surface area contributed by atoms with Crippen molar-refractivity contribution in [2.24, 2.45) is 11.8 Å². The van der Waals surface area contributed by atoms with Gasteiger partial charge in [0.25, 0.3) is 0 Å². The van der Waals surface area contributed by atoms with Crippen molar-refractivity contribution < 1.29 is 13.2 Å². The first-order valence-corrected chi connectivity index (χ1v) is 10.6. The number of piperidine rings is 1. The smallest absolute Gasteiger partial charge is 0.240 e. The van der Waals surface area contributed by atoms with Crippen LogP contribution in [0.2, 0.25) is 0 Å². The minimum absolute atomic E-state index is 0.246. The maximum Gasteiger partial charge on any atom is 0.240 e. The SMILES string of the molecule is COc1ccc(S(=O)(=O)NCCCN2C[C@H](C)C[C@@H](C)C2)cc1Br. The van der Waals surface area contributed by atoms with Crippen LogP contribution >= 0.6 is 15.9 Å². The van der Waals surface area contributed by atoms with Gasteiger partial charge in [-0.1, -0.05) is 13.8 Å². The quantitative estimate of drug-likeness (QED) is 0.690. The molecule has 0 aromatic heterocycles. The minimum Gasteiger partial charge on any atom is -0.496 e. The van der Waals surface area contributed by atoms with E-state index in [1.54, 1.807) is 25.3 Å². The van der Waals surface area contributed by atoms with Crippen molar-refractivity contribution in [2.75, 3.05) is 33.3 Å². The predicted molar refractivity (Wildman–Crippen MR) is 99.9 cm³/mol. The molecule has 0 spiro atoms. The third-order valence-electron chi connectivity index (χ3n) is 4.32. The Morgan fingerprint density at radius 2 is 1.96 bits per heavy atom. The molecule has 1 aliphatic rings. The Bertz CT molecular complexity index is 641. The Kier molecular flexibility index (Phi) is 7.10. The average Bonchev–Trinajstić information content (AvgIpc) is 2.50. The van der Waals surface area contributed by atoms with Gasteiger partial charge in [-0.05, 0) is 65.4 Å². The van der Waals surface area contributed by atoms with E-state index in [0.29, 0.717) is 16.8 Å². The summed E-state index contributed by atoms with van der Waals surface area (Å²) in [5.74, 6) is 2.06. The number of halogens is 1. The molecule has 2 atom stereocenters. The number of benzene rings is 1. The van der Waals surface area contributed by atoms with Crippen LogP contribution in [-0.2, 0) is 10.0 Å². The number of sulfonamides is 1. The number of rotatable bonds is 7. The van der Waals surface area contributed by atoms with Crippen LogP contribution < -0.4 is 9.46 Å². The molecule has 0 bridgehead atoms. The van der Waals surface area contributed by atoms with E-state index in [1.165, 1.54) is 6.42 Å². The maximum absolute atomic E-state index is 12.4. The monoisotopic (exact) mass is 418 g/mol. The van der Waals surface area contributed by atoms with Gasteiger partial charge in [-0.3, -0.25) is 0 Å². The molecule has 24 heavy (non-hydrogen) atoms. The van der Waals surface area contributed by atoms with E-state index in [0.717, 1.165) is 37.9 Å². The largest absolute Gasteiger partial charge is 0.496 e. The summed E-state index contributed by atoms with van der Waals surface area (Å²) in [6.07, 6.45) is 2.10. The first-order valence-electron chi connectivity index (χ1n) is 8.37. The molecule has 1 aliphatic heterocycles. The van der Waals surface area contributed by atoms with E-state index in [-0.39, 0.29) is 4.90 Å². The van der Waals surface area contributed by atoms with Crippen molar-refractivity contribution in [2.45, 2.75) is 31.6 Å². The molecule has 0 radical (unpaired) electrons. The third-order valence-corrected chi connectivity index (χ3v) is 6.40. The van der Waals surface area contributed by atoms with E-state index in [2.05, 4.69) is 39.4 Å². The van der Waals surface area contributed by atoms with Crippen LogP contribution in [0.25, 0.3) is 0 Å². The summed E-state index contributed by atoms with van der Waals surface area (Å²) in [7, 11) is -1.94. The molecule has 0 unspecified atom stereocenters. The molecule has 1 aromatic carbocycles. The van der Waals surface area contributed by atoms with E-state index in [1.807, 2.05) is 0 Å². The Labute approximate surface area is 153 Å². The lowest BCUT2D eigenvalue weighted by molar-refractivity contribution is 0.140. The zero-order valence-corrected chi connectivity index (χ0v) is 17.0. The number of nitrogens with one attached hydrogen (secondary N) is 1. The van der Waals surface area contributed by atoms with Crippen LogP contribution in [0.4, 0.5) is 0 Å². The highest BCUT2D eigenvalue weighted by atomic mass is 79.9. The average molecular weight is 419 g/mol. The van der Waals surface area contributed by atoms with Gasteiger partial charge in [0, 0.05) is 19.6 Å². The van der Waals surface area contributed by atoms with Gasteiger partial charge >= 0.3 is 0 Å². The summed E-state index contributed by atoms with van der Waals surface area (Å²) in [6, 6.07) is 4.77. The third kappa shape index (κ3) is 5.44. The second kappa shape index (κ2) is 8.65.